The molecule has 2 aliphatic heterocycles. The Morgan fingerprint density at radius 3 is 2.34 bits per heavy atom. The van der Waals surface area contributed by atoms with Crippen LogP contribution in [0.4, 0.5) is 5.82 Å². The third-order valence-electron chi connectivity index (χ3n) is 7.89. The first-order chi connectivity index (χ1) is 19.9. The first-order valence-corrected chi connectivity index (χ1v) is 16.1. The summed E-state index contributed by atoms with van der Waals surface area (Å²) in [6.07, 6.45) is 7.91. The van der Waals surface area contributed by atoms with Crippen molar-refractivity contribution < 1.29 is 4.79 Å². The van der Waals surface area contributed by atoms with Crippen LogP contribution < -0.4 is 10.5 Å². The van der Waals surface area contributed by atoms with Crippen LogP contribution >= 0.6 is 24.0 Å². The van der Waals surface area contributed by atoms with Crippen molar-refractivity contribution in [1.29, 1.82) is 5.26 Å². The second kappa shape index (κ2) is 14.8. The molecule has 2 fully saturated rings. The number of unbranched alkanes of at least 4 members (excludes halogenated alkanes) is 4. The molecule has 0 spiro atoms. The fourth-order valence-electron chi connectivity index (χ4n) is 5.49. The molecule has 0 saturated carbocycles. The average molecular weight is 592 g/mol. The molecule has 4 rings (SSSR count). The number of piperazine rings is 1. The van der Waals surface area contributed by atoms with Gasteiger partial charge < -0.3 is 4.90 Å². The van der Waals surface area contributed by atoms with E-state index in [1.807, 2.05) is 19.1 Å². The summed E-state index contributed by atoms with van der Waals surface area (Å²) in [5.74, 6) is 0.729. The van der Waals surface area contributed by atoms with Crippen LogP contribution in [0, 0.1) is 18.3 Å². The van der Waals surface area contributed by atoms with Gasteiger partial charge in [-0.25, -0.2) is 0 Å². The summed E-state index contributed by atoms with van der Waals surface area (Å²) in [6, 6.07) is 12.6. The van der Waals surface area contributed by atoms with Crippen molar-refractivity contribution in [2.75, 3.05) is 37.6 Å². The van der Waals surface area contributed by atoms with Crippen molar-refractivity contribution in [3.05, 3.63) is 67.8 Å². The lowest BCUT2D eigenvalue weighted by Crippen LogP contribution is -2.48. The topological polar surface area (TPSA) is 72.6 Å². The second-order valence-electron chi connectivity index (χ2n) is 10.8. The zero-order chi connectivity index (χ0) is 29.4. The van der Waals surface area contributed by atoms with Crippen molar-refractivity contribution >= 4 is 46.1 Å². The Labute approximate surface area is 253 Å². The number of anilines is 1. The molecular weight excluding hydrogens is 551 g/mol. The van der Waals surface area contributed by atoms with Crippen molar-refractivity contribution in [3.63, 3.8) is 0 Å². The molecule has 2 aromatic rings. The third-order valence-corrected chi connectivity index (χ3v) is 9.26. The smallest absolute Gasteiger partial charge is 0.270 e. The molecule has 7 nitrogen and oxygen atoms in total. The number of thiocarbonyl (C=S) groups is 1. The highest BCUT2D eigenvalue weighted by atomic mass is 32.2. The van der Waals surface area contributed by atoms with Crippen molar-refractivity contribution in [2.45, 2.75) is 72.4 Å². The summed E-state index contributed by atoms with van der Waals surface area (Å²) in [7, 11) is 0. The predicted octanol–water partition coefficient (Wildman–Crippen LogP) is 5.93. The minimum absolute atomic E-state index is 0.0839. The van der Waals surface area contributed by atoms with Gasteiger partial charge in [0.2, 0.25) is 0 Å². The van der Waals surface area contributed by atoms with E-state index < -0.39 is 0 Å². The molecule has 0 atom stereocenters. The number of thioether (sulfide) groups is 1. The molecule has 0 N–H and O–H groups in total. The molecule has 0 radical (unpaired) electrons. The van der Waals surface area contributed by atoms with Gasteiger partial charge in [0, 0.05) is 51.4 Å². The number of hydrogen-bond acceptors (Lipinski definition) is 7. The van der Waals surface area contributed by atoms with E-state index in [2.05, 4.69) is 54.0 Å². The van der Waals surface area contributed by atoms with Crippen LogP contribution in [0.5, 0.6) is 0 Å². The molecule has 0 bridgehead atoms. The maximum Gasteiger partial charge on any atom is 0.270 e. The molecule has 1 aromatic heterocycles. The molecule has 218 valence electrons. The Balaban J connectivity index is 1.69. The number of nitriles is 1. The number of carbonyl (C=O) groups is 1. The number of rotatable bonds is 12. The zero-order valence-corrected chi connectivity index (χ0v) is 26.2. The fraction of sp³-hybridized carbons (Fsp3) is 0.500. The predicted molar refractivity (Wildman–Crippen MR) is 173 cm³/mol. The summed E-state index contributed by atoms with van der Waals surface area (Å²) in [6.45, 7) is 11.4. The van der Waals surface area contributed by atoms with Gasteiger partial charge in [0.15, 0.2) is 0 Å². The largest absolute Gasteiger partial charge is 0.355 e. The summed E-state index contributed by atoms with van der Waals surface area (Å²) in [4.78, 5) is 34.0. The Bertz CT molecular complexity index is 1370. The van der Waals surface area contributed by atoms with Crippen LogP contribution in [0.1, 0.15) is 74.6 Å². The summed E-state index contributed by atoms with van der Waals surface area (Å²) in [5.41, 5.74) is 2.59. The van der Waals surface area contributed by atoms with Gasteiger partial charge in [-0.05, 0) is 37.0 Å². The van der Waals surface area contributed by atoms with Crippen molar-refractivity contribution in [1.82, 2.24) is 14.4 Å². The molecule has 1 amide bonds. The monoisotopic (exact) mass is 591 g/mol. The van der Waals surface area contributed by atoms with Gasteiger partial charge in [-0.3, -0.25) is 24.0 Å². The van der Waals surface area contributed by atoms with Crippen LogP contribution in [0.25, 0.3) is 6.08 Å². The van der Waals surface area contributed by atoms with Crippen LogP contribution in [0.3, 0.4) is 0 Å². The van der Waals surface area contributed by atoms with E-state index in [9.17, 15) is 14.9 Å². The average Bonchev–Trinajstić information content (AvgIpc) is 3.24. The summed E-state index contributed by atoms with van der Waals surface area (Å²) >= 11 is 6.92. The van der Waals surface area contributed by atoms with Crippen LogP contribution in [-0.2, 0) is 17.9 Å². The molecule has 0 unspecified atom stereocenters. The summed E-state index contributed by atoms with van der Waals surface area (Å²) < 4.78 is 2.35. The van der Waals surface area contributed by atoms with E-state index in [4.69, 9.17) is 12.2 Å². The van der Waals surface area contributed by atoms with Gasteiger partial charge in [0.25, 0.3) is 11.5 Å². The first kappa shape index (κ1) is 31.0. The lowest BCUT2D eigenvalue weighted by atomic mass is 10.0. The van der Waals surface area contributed by atoms with Gasteiger partial charge >= 0.3 is 0 Å². The minimum Gasteiger partial charge on any atom is -0.355 e. The molecular formula is C32H41N5O2S2. The van der Waals surface area contributed by atoms with E-state index in [0.717, 1.165) is 82.6 Å². The number of hydrogen-bond donors (Lipinski definition) is 0. The quantitative estimate of drug-likeness (QED) is 0.172. The number of benzene rings is 1. The van der Waals surface area contributed by atoms with Crippen molar-refractivity contribution in [3.8, 4) is 6.07 Å². The Morgan fingerprint density at radius 2 is 1.68 bits per heavy atom. The lowest BCUT2D eigenvalue weighted by molar-refractivity contribution is -0.122. The Kier molecular flexibility index (Phi) is 11.2. The van der Waals surface area contributed by atoms with Gasteiger partial charge in [0.05, 0.1) is 4.91 Å². The van der Waals surface area contributed by atoms with Gasteiger partial charge in [-0.2, -0.15) is 5.26 Å². The fourth-order valence-corrected chi connectivity index (χ4v) is 6.78. The third kappa shape index (κ3) is 7.29. The highest BCUT2D eigenvalue weighted by Crippen LogP contribution is 2.36. The number of carbonyl (C=O) groups excluding carboxylic acids is 1. The molecule has 3 heterocycles. The summed E-state index contributed by atoms with van der Waals surface area (Å²) in [5, 5.41) is 9.98. The normalized spacial score (nSPS) is 17.1. The molecule has 2 saturated heterocycles. The van der Waals surface area contributed by atoms with Crippen LogP contribution in [0.2, 0.25) is 0 Å². The molecule has 41 heavy (non-hydrogen) atoms. The Hall–Kier alpha value is -2.93. The van der Waals surface area contributed by atoms with Crippen LogP contribution in [-0.4, -0.2) is 57.3 Å². The van der Waals surface area contributed by atoms with Crippen LogP contribution in [0.15, 0.2) is 40.0 Å². The maximum absolute atomic E-state index is 13.6. The molecule has 9 heteroatoms. The standard InChI is InChI=1S/C32H41N5O2S2/c1-4-6-8-12-16-37-31(39)28(41-32(37)40)21-26-24(3)27(22-33)30(38)36(15-7-5-2)29(26)35-19-17-34(18-20-35)23-25-13-10-9-11-14-25/h9-11,13-14,21H,4-8,12,15-20,23H2,1-3H3/b28-21-. The number of pyridine rings is 1. The highest BCUT2D eigenvalue weighted by molar-refractivity contribution is 8.26. The molecule has 1 aromatic carbocycles. The number of nitrogens with zero attached hydrogens (tertiary/aromatic N) is 5. The zero-order valence-electron chi connectivity index (χ0n) is 24.5. The number of amides is 1. The highest BCUT2D eigenvalue weighted by Gasteiger charge is 2.33. The second-order valence-corrected chi connectivity index (χ2v) is 12.5. The molecule has 2 aliphatic rings. The SMILES string of the molecule is CCCCCCN1C(=O)/C(=C/c2c(C)c(C#N)c(=O)n(CCCC)c2N2CCN(Cc3ccccc3)CC2)SC1=S. The van der Waals surface area contributed by atoms with Gasteiger partial charge in [-0.15, -0.1) is 0 Å². The molecule has 0 aliphatic carbocycles. The van der Waals surface area contributed by atoms with Crippen molar-refractivity contribution in [2.24, 2.45) is 0 Å². The number of aromatic nitrogens is 1. The first-order valence-electron chi connectivity index (χ1n) is 14.8. The van der Waals surface area contributed by atoms with E-state index in [0.29, 0.717) is 27.9 Å². The van der Waals surface area contributed by atoms with E-state index in [1.165, 1.54) is 17.3 Å². The van der Waals surface area contributed by atoms with E-state index >= 15 is 0 Å². The maximum atomic E-state index is 13.6. The van der Waals surface area contributed by atoms with Gasteiger partial charge in [0.1, 0.15) is 21.8 Å². The van der Waals surface area contributed by atoms with Gasteiger partial charge in [-0.1, -0.05) is 93.8 Å². The van der Waals surface area contributed by atoms with E-state index in [-0.39, 0.29) is 17.0 Å². The lowest BCUT2D eigenvalue weighted by Gasteiger charge is -2.38. The minimum atomic E-state index is -0.249. The van der Waals surface area contributed by atoms with E-state index in [1.54, 1.807) is 9.47 Å². The Morgan fingerprint density at radius 1 is 0.976 bits per heavy atom.